The molecule has 1 aliphatic heterocycles. The van der Waals surface area contributed by atoms with Gasteiger partial charge in [-0.05, 0) is 47.4 Å². The van der Waals surface area contributed by atoms with Crippen molar-refractivity contribution >= 4 is 5.97 Å². The highest BCUT2D eigenvalue weighted by Gasteiger charge is 2.10. The second-order valence-electron chi connectivity index (χ2n) is 4.79. The molecule has 3 rings (SSSR count). The summed E-state index contributed by atoms with van der Waals surface area (Å²) in [4.78, 5) is 10.8. The summed E-state index contributed by atoms with van der Waals surface area (Å²) in [5.74, 6) is -0.886. The van der Waals surface area contributed by atoms with E-state index in [1.54, 1.807) is 12.1 Å². The molecule has 0 fully saturated rings. The van der Waals surface area contributed by atoms with Crippen LogP contribution in [0.5, 0.6) is 0 Å². The van der Waals surface area contributed by atoms with Crippen LogP contribution in [0.2, 0.25) is 0 Å². The Morgan fingerprint density at radius 1 is 1.00 bits per heavy atom. The molecule has 0 amide bonds. The summed E-state index contributed by atoms with van der Waals surface area (Å²) in [6, 6.07) is 13.5. The van der Waals surface area contributed by atoms with Gasteiger partial charge in [-0.2, -0.15) is 0 Å². The van der Waals surface area contributed by atoms with Gasteiger partial charge in [-0.1, -0.05) is 30.3 Å². The van der Waals surface area contributed by atoms with E-state index in [0.717, 1.165) is 30.6 Å². The number of fused-ring (bicyclic) bond motifs is 1. The van der Waals surface area contributed by atoms with E-state index in [1.165, 1.54) is 11.1 Å². The Balaban J connectivity index is 1.95. The SMILES string of the molecule is O=C(O)c1ccc(-c2ccc3c(c2)CCNC3)cc1. The van der Waals surface area contributed by atoms with Crippen LogP contribution in [0, 0.1) is 0 Å². The van der Waals surface area contributed by atoms with Gasteiger partial charge < -0.3 is 10.4 Å². The Labute approximate surface area is 111 Å². The topological polar surface area (TPSA) is 49.3 Å². The highest BCUT2D eigenvalue weighted by molar-refractivity contribution is 5.88. The van der Waals surface area contributed by atoms with Crippen molar-refractivity contribution in [1.29, 1.82) is 0 Å². The number of aromatic carboxylic acids is 1. The van der Waals surface area contributed by atoms with E-state index in [2.05, 4.69) is 23.5 Å². The van der Waals surface area contributed by atoms with Crippen LogP contribution in [0.15, 0.2) is 42.5 Å². The molecule has 1 aliphatic rings. The molecule has 3 nitrogen and oxygen atoms in total. The molecule has 2 aromatic rings. The van der Waals surface area contributed by atoms with E-state index < -0.39 is 5.97 Å². The zero-order chi connectivity index (χ0) is 13.2. The van der Waals surface area contributed by atoms with Crippen LogP contribution in [0.3, 0.4) is 0 Å². The Kier molecular flexibility index (Phi) is 3.05. The minimum Gasteiger partial charge on any atom is -0.478 e. The second-order valence-corrected chi connectivity index (χ2v) is 4.79. The van der Waals surface area contributed by atoms with Crippen molar-refractivity contribution in [2.45, 2.75) is 13.0 Å². The summed E-state index contributed by atoms with van der Waals surface area (Å²) >= 11 is 0. The maximum absolute atomic E-state index is 10.8. The average Bonchev–Trinajstić information content (AvgIpc) is 2.47. The maximum Gasteiger partial charge on any atom is 0.335 e. The first-order chi connectivity index (χ1) is 9.24. The van der Waals surface area contributed by atoms with Crippen LogP contribution in [0.25, 0.3) is 11.1 Å². The summed E-state index contributed by atoms with van der Waals surface area (Å²) in [5.41, 5.74) is 5.28. The van der Waals surface area contributed by atoms with Crippen LogP contribution in [0.1, 0.15) is 21.5 Å². The van der Waals surface area contributed by atoms with Crippen molar-refractivity contribution in [1.82, 2.24) is 5.32 Å². The number of carbonyl (C=O) groups is 1. The van der Waals surface area contributed by atoms with Crippen LogP contribution >= 0.6 is 0 Å². The van der Waals surface area contributed by atoms with Gasteiger partial charge in [0.1, 0.15) is 0 Å². The summed E-state index contributed by atoms with van der Waals surface area (Å²) in [7, 11) is 0. The van der Waals surface area contributed by atoms with Gasteiger partial charge in [-0.15, -0.1) is 0 Å². The third kappa shape index (κ3) is 2.37. The quantitative estimate of drug-likeness (QED) is 0.865. The molecule has 0 spiro atoms. The summed E-state index contributed by atoms with van der Waals surface area (Å²) in [6.07, 6.45) is 1.05. The minimum atomic E-state index is -0.886. The first-order valence-electron chi connectivity index (χ1n) is 6.40. The Hall–Kier alpha value is -2.13. The van der Waals surface area contributed by atoms with Crippen LogP contribution in [-0.2, 0) is 13.0 Å². The van der Waals surface area contributed by atoms with E-state index >= 15 is 0 Å². The zero-order valence-electron chi connectivity index (χ0n) is 10.5. The van der Waals surface area contributed by atoms with Gasteiger partial charge in [0.2, 0.25) is 0 Å². The first-order valence-corrected chi connectivity index (χ1v) is 6.40. The number of nitrogens with one attached hydrogen (secondary N) is 1. The molecule has 0 aliphatic carbocycles. The van der Waals surface area contributed by atoms with E-state index in [1.807, 2.05) is 12.1 Å². The van der Waals surface area contributed by atoms with Crippen LogP contribution < -0.4 is 5.32 Å². The molecule has 2 N–H and O–H groups in total. The molecule has 0 bridgehead atoms. The number of hydrogen-bond acceptors (Lipinski definition) is 2. The molecule has 0 unspecified atom stereocenters. The third-order valence-corrected chi connectivity index (χ3v) is 3.56. The maximum atomic E-state index is 10.8. The minimum absolute atomic E-state index is 0.325. The van der Waals surface area contributed by atoms with E-state index in [4.69, 9.17) is 5.11 Å². The number of carboxylic acids is 1. The number of benzene rings is 2. The van der Waals surface area contributed by atoms with Gasteiger partial charge in [-0.3, -0.25) is 0 Å². The van der Waals surface area contributed by atoms with Gasteiger partial charge in [0.05, 0.1) is 5.56 Å². The summed E-state index contributed by atoms with van der Waals surface area (Å²) in [6.45, 7) is 1.96. The predicted octanol–water partition coefficient (Wildman–Crippen LogP) is 2.70. The normalized spacial score (nSPS) is 13.9. The highest BCUT2D eigenvalue weighted by Crippen LogP contribution is 2.24. The van der Waals surface area contributed by atoms with Crippen molar-refractivity contribution in [2.75, 3.05) is 6.54 Å². The molecule has 0 saturated carbocycles. The lowest BCUT2D eigenvalue weighted by Gasteiger charge is -2.18. The summed E-state index contributed by atoms with van der Waals surface area (Å²) < 4.78 is 0. The first kappa shape index (κ1) is 11.9. The molecule has 0 aromatic heterocycles. The van der Waals surface area contributed by atoms with E-state index in [9.17, 15) is 4.79 Å². The Bertz CT molecular complexity index is 617. The Morgan fingerprint density at radius 3 is 2.47 bits per heavy atom. The fourth-order valence-corrected chi connectivity index (χ4v) is 2.46. The second kappa shape index (κ2) is 4.86. The van der Waals surface area contributed by atoms with Gasteiger partial charge in [0.15, 0.2) is 0 Å². The molecular weight excluding hydrogens is 238 g/mol. The van der Waals surface area contributed by atoms with Gasteiger partial charge >= 0.3 is 5.97 Å². The molecule has 0 saturated heterocycles. The van der Waals surface area contributed by atoms with Crippen molar-refractivity contribution in [2.24, 2.45) is 0 Å². The average molecular weight is 253 g/mol. The Morgan fingerprint density at radius 2 is 1.74 bits per heavy atom. The smallest absolute Gasteiger partial charge is 0.335 e. The monoisotopic (exact) mass is 253 g/mol. The predicted molar refractivity (Wildman–Crippen MR) is 74.2 cm³/mol. The van der Waals surface area contributed by atoms with Gasteiger partial charge in [-0.25, -0.2) is 4.79 Å². The van der Waals surface area contributed by atoms with Crippen LogP contribution in [-0.4, -0.2) is 17.6 Å². The van der Waals surface area contributed by atoms with Crippen molar-refractivity contribution in [3.05, 3.63) is 59.2 Å². The third-order valence-electron chi connectivity index (χ3n) is 3.56. The van der Waals surface area contributed by atoms with Crippen molar-refractivity contribution in [3.63, 3.8) is 0 Å². The molecule has 96 valence electrons. The van der Waals surface area contributed by atoms with Crippen molar-refractivity contribution in [3.8, 4) is 11.1 Å². The number of carboxylic acid groups (broad SMARTS) is 1. The lowest BCUT2D eigenvalue weighted by Crippen LogP contribution is -2.23. The van der Waals surface area contributed by atoms with E-state index in [-0.39, 0.29) is 0 Å². The molecule has 3 heteroatoms. The number of hydrogen-bond donors (Lipinski definition) is 2. The molecule has 19 heavy (non-hydrogen) atoms. The van der Waals surface area contributed by atoms with Crippen molar-refractivity contribution < 1.29 is 9.90 Å². The molecule has 0 radical (unpaired) electrons. The number of rotatable bonds is 2. The fraction of sp³-hybridized carbons (Fsp3) is 0.188. The standard InChI is InChI=1S/C16H15NO2/c18-16(19)12-3-1-11(2-4-12)13-5-6-15-10-17-8-7-14(15)9-13/h1-6,9,17H,7-8,10H2,(H,18,19). The van der Waals surface area contributed by atoms with Gasteiger partial charge in [0.25, 0.3) is 0 Å². The van der Waals surface area contributed by atoms with Crippen LogP contribution in [0.4, 0.5) is 0 Å². The highest BCUT2D eigenvalue weighted by atomic mass is 16.4. The molecular formula is C16H15NO2. The molecule has 1 heterocycles. The molecule has 0 atom stereocenters. The fourth-order valence-electron chi connectivity index (χ4n) is 2.46. The largest absolute Gasteiger partial charge is 0.478 e. The van der Waals surface area contributed by atoms with E-state index in [0.29, 0.717) is 5.56 Å². The lowest BCUT2D eigenvalue weighted by atomic mass is 9.95. The zero-order valence-corrected chi connectivity index (χ0v) is 10.5. The molecule has 2 aromatic carbocycles. The summed E-state index contributed by atoms with van der Waals surface area (Å²) in [5, 5.41) is 12.3. The lowest BCUT2D eigenvalue weighted by molar-refractivity contribution is 0.0697. The van der Waals surface area contributed by atoms with Gasteiger partial charge in [0, 0.05) is 6.54 Å².